The molecule has 0 radical (unpaired) electrons. The zero-order valence-corrected chi connectivity index (χ0v) is 8.43. The maximum absolute atomic E-state index is 12.6. The molecular weight excluding hydrogens is 219 g/mol. The Morgan fingerprint density at radius 2 is 2.06 bits per heavy atom. The quantitative estimate of drug-likeness (QED) is 0.729. The summed E-state index contributed by atoms with van der Waals surface area (Å²) in [6, 6.07) is 3.92. The fraction of sp³-hybridized carbons (Fsp3) is 0.273. The van der Waals surface area contributed by atoms with Gasteiger partial charge in [-0.05, 0) is 30.2 Å². The van der Waals surface area contributed by atoms with Gasteiger partial charge in [-0.15, -0.1) is 0 Å². The molecule has 0 aromatic heterocycles. The van der Waals surface area contributed by atoms with Gasteiger partial charge in [0.25, 0.3) is 0 Å². The number of alkyl halides is 3. The van der Waals surface area contributed by atoms with Crippen LogP contribution in [0.2, 0.25) is 0 Å². The van der Waals surface area contributed by atoms with Gasteiger partial charge in [-0.3, -0.25) is 4.79 Å². The third-order valence-corrected chi connectivity index (χ3v) is 2.12. The predicted octanol–water partition coefficient (Wildman–Crippen LogP) is 2.89. The van der Waals surface area contributed by atoms with Crippen LogP contribution in [0.1, 0.15) is 27.0 Å². The van der Waals surface area contributed by atoms with Crippen LogP contribution in [-0.4, -0.2) is 6.29 Å². The minimum atomic E-state index is -4.55. The summed E-state index contributed by atoms with van der Waals surface area (Å²) in [6.07, 6.45) is -4.63. The van der Waals surface area contributed by atoms with E-state index in [0.29, 0.717) is 11.8 Å². The Morgan fingerprint density at radius 1 is 1.44 bits per heavy atom. The van der Waals surface area contributed by atoms with Crippen LogP contribution >= 0.6 is 0 Å². The van der Waals surface area contributed by atoms with E-state index in [1.165, 1.54) is 13.0 Å². The van der Waals surface area contributed by atoms with Crippen LogP contribution in [0.4, 0.5) is 13.2 Å². The molecule has 0 saturated heterocycles. The smallest absolute Gasteiger partial charge is 0.298 e. The maximum Gasteiger partial charge on any atom is 0.416 e. The van der Waals surface area contributed by atoms with Crippen LogP contribution in [0.5, 0.6) is 0 Å². The summed E-state index contributed by atoms with van der Waals surface area (Å²) in [4.78, 5) is 10.7. The fourth-order valence-electron chi connectivity index (χ4n) is 1.48. The number of aryl methyl sites for hydroxylation is 1. The largest absolute Gasteiger partial charge is 0.416 e. The molecule has 0 saturated carbocycles. The average Bonchev–Trinajstić information content (AvgIpc) is 2.18. The van der Waals surface area contributed by atoms with E-state index in [4.69, 9.17) is 5.26 Å². The molecule has 0 atom stereocenters. The second-order valence-electron chi connectivity index (χ2n) is 3.33. The second kappa shape index (κ2) is 4.35. The van der Waals surface area contributed by atoms with E-state index in [1.54, 1.807) is 6.07 Å². The molecule has 16 heavy (non-hydrogen) atoms. The summed E-state index contributed by atoms with van der Waals surface area (Å²) in [5.41, 5.74) is -0.892. The lowest BCUT2D eigenvalue weighted by atomic mass is 9.96. The van der Waals surface area contributed by atoms with Gasteiger partial charge >= 0.3 is 6.18 Å². The molecule has 0 spiro atoms. The summed E-state index contributed by atoms with van der Waals surface area (Å²) in [7, 11) is 0. The van der Waals surface area contributed by atoms with E-state index in [9.17, 15) is 18.0 Å². The molecule has 1 rings (SSSR count). The van der Waals surface area contributed by atoms with Crippen molar-refractivity contribution in [1.29, 1.82) is 5.26 Å². The Hall–Kier alpha value is -1.83. The van der Waals surface area contributed by atoms with E-state index < -0.39 is 18.2 Å². The Kier molecular flexibility index (Phi) is 3.33. The van der Waals surface area contributed by atoms with E-state index in [2.05, 4.69) is 0 Å². The molecule has 1 aromatic rings. The van der Waals surface area contributed by atoms with Crippen molar-refractivity contribution < 1.29 is 18.0 Å². The van der Waals surface area contributed by atoms with Gasteiger partial charge in [0, 0.05) is 5.56 Å². The number of carbonyl (C=O) groups is 1. The van der Waals surface area contributed by atoms with Crippen LogP contribution in [0.15, 0.2) is 12.1 Å². The zero-order valence-electron chi connectivity index (χ0n) is 8.43. The van der Waals surface area contributed by atoms with Crippen molar-refractivity contribution >= 4 is 6.29 Å². The Bertz CT molecular complexity index is 458. The van der Waals surface area contributed by atoms with Gasteiger partial charge in [-0.1, -0.05) is 0 Å². The molecule has 0 amide bonds. The number of benzene rings is 1. The van der Waals surface area contributed by atoms with E-state index >= 15 is 0 Å². The van der Waals surface area contributed by atoms with Crippen LogP contribution in [-0.2, 0) is 12.6 Å². The molecule has 2 nitrogen and oxygen atoms in total. The molecule has 0 aliphatic rings. The molecule has 84 valence electrons. The Balaban J connectivity index is 3.51. The van der Waals surface area contributed by atoms with Crippen LogP contribution in [0, 0.1) is 18.3 Å². The lowest BCUT2D eigenvalue weighted by Gasteiger charge is -2.13. The molecule has 0 aliphatic heterocycles. The molecule has 0 heterocycles. The van der Waals surface area contributed by atoms with Crippen LogP contribution < -0.4 is 0 Å². The highest BCUT2D eigenvalue weighted by Crippen LogP contribution is 2.34. The lowest BCUT2D eigenvalue weighted by molar-refractivity contribution is -0.138. The summed E-state index contributed by atoms with van der Waals surface area (Å²) in [5, 5.41) is 8.47. The van der Waals surface area contributed by atoms with Gasteiger partial charge in [0.2, 0.25) is 0 Å². The minimum Gasteiger partial charge on any atom is -0.298 e. The molecule has 5 heteroatoms. The summed E-state index contributed by atoms with van der Waals surface area (Å²) in [5.74, 6) is 0. The molecule has 0 fully saturated rings. The summed E-state index contributed by atoms with van der Waals surface area (Å²) >= 11 is 0. The number of hydrogen-bond acceptors (Lipinski definition) is 2. The van der Waals surface area contributed by atoms with E-state index in [-0.39, 0.29) is 11.1 Å². The van der Waals surface area contributed by atoms with Crippen molar-refractivity contribution in [1.82, 2.24) is 0 Å². The zero-order chi connectivity index (χ0) is 12.3. The van der Waals surface area contributed by atoms with Gasteiger partial charge in [0.15, 0.2) is 0 Å². The van der Waals surface area contributed by atoms with Crippen LogP contribution in [0.25, 0.3) is 0 Å². The first-order valence-corrected chi connectivity index (χ1v) is 4.43. The van der Waals surface area contributed by atoms with Crippen molar-refractivity contribution in [2.24, 2.45) is 0 Å². The molecule has 0 bridgehead atoms. The van der Waals surface area contributed by atoms with Gasteiger partial charge in [-0.25, -0.2) is 0 Å². The fourth-order valence-corrected chi connectivity index (χ4v) is 1.48. The molecule has 1 aromatic carbocycles. The first-order valence-electron chi connectivity index (χ1n) is 4.43. The van der Waals surface area contributed by atoms with Crippen LogP contribution in [0.3, 0.4) is 0 Å². The third-order valence-electron chi connectivity index (χ3n) is 2.12. The first-order chi connectivity index (χ1) is 7.40. The highest BCUT2D eigenvalue weighted by atomic mass is 19.4. The first kappa shape index (κ1) is 12.2. The van der Waals surface area contributed by atoms with Gasteiger partial charge in [-0.2, -0.15) is 18.4 Å². The number of carbonyl (C=O) groups excluding carboxylic acids is 1. The highest BCUT2D eigenvalue weighted by molar-refractivity contribution is 5.79. The van der Waals surface area contributed by atoms with Gasteiger partial charge < -0.3 is 0 Å². The molecule has 0 unspecified atom stereocenters. The normalized spacial score (nSPS) is 10.9. The summed E-state index contributed by atoms with van der Waals surface area (Å²) < 4.78 is 37.9. The lowest BCUT2D eigenvalue weighted by Crippen LogP contribution is -2.11. The van der Waals surface area contributed by atoms with E-state index in [1.807, 2.05) is 0 Å². The standard InChI is InChI=1S/C11H8F3NO/c1-7-4-8(6-16)9(2-3-15)10(5-7)11(12,13)14/h4-6H,2H2,1H3. The maximum atomic E-state index is 12.6. The SMILES string of the molecule is Cc1cc(C=O)c(CC#N)c(C(F)(F)F)c1. The predicted molar refractivity (Wildman–Crippen MR) is 50.9 cm³/mol. The Labute approximate surface area is 90.3 Å². The monoisotopic (exact) mass is 227 g/mol. The van der Waals surface area contributed by atoms with Crippen molar-refractivity contribution in [2.75, 3.05) is 0 Å². The summed E-state index contributed by atoms with van der Waals surface area (Å²) in [6.45, 7) is 1.47. The van der Waals surface area contributed by atoms with Gasteiger partial charge in [0.05, 0.1) is 18.1 Å². The topological polar surface area (TPSA) is 40.9 Å². The number of rotatable bonds is 2. The van der Waals surface area contributed by atoms with Gasteiger partial charge in [0.1, 0.15) is 6.29 Å². The molecule has 0 aliphatic carbocycles. The number of nitriles is 1. The van der Waals surface area contributed by atoms with Crippen molar-refractivity contribution in [2.45, 2.75) is 19.5 Å². The van der Waals surface area contributed by atoms with Crippen molar-refractivity contribution in [3.05, 3.63) is 34.4 Å². The van der Waals surface area contributed by atoms with E-state index in [0.717, 1.165) is 6.07 Å². The number of halogens is 3. The second-order valence-corrected chi connectivity index (χ2v) is 3.33. The number of hydrogen-bond donors (Lipinski definition) is 0. The molecular formula is C11H8F3NO. The minimum absolute atomic E-state index is 0.0751. The van der Waals surface area contributed by atoms with Crippen molar-refractivity contribution in [3.63, 3.8) is 0 Å². The Morgan fingerprint density at radius 3 is 2.50 bits per heavy atom. The molecule has 0 N–H and O–H groups in total. The highest BCUT2D eigenvalue weighted by Gasteiger charge is 2.34. The third kappa shape index (κ3) is 2.40. The average molecular weight is 227 g/mol. The number of nitrogens with zero attached hydrogens (tertiary/aromatic N) is 1. The van der Waals surface area contributed by atoms with Crippen molar-refractivity contribution in [3.8, 4) is 6.07 Å². The number of aldehydes is 1.